The fourth-order valence-electron chi connectivity index (χ4n) is 1.98. The van der Waals surface area contributed by atoms with Gasteiger partial charge in [-0.1, -0.05) is 19.1 Å². The van der Waals surface area contributed by atoms with Crippen LogP contribution in [0.2, 0.25) is 0 Å². The van der Waals surface area contributed by atoms with E-state index in [0.717, 1.165) is 12.1 Å². The van der Waals surface area contributed by atoms with Crippen LogP contribution in [0.1, 0.15) is 23.9 Å². The van der Waals surface area contributed by atoms with Crippen molar-refractivity contribution in [2.75, 3.05) is 0 Å². The van der Waals surface area contributed by atoms with Crippen molar-refractivity contribution >= 4 is 5.97 Å². The molecule has 20 heavy (non-hydrogen) atoms. The van der Waals surface area contributed by atoms with Gasteiger partial charge >= 0.3 is 5.97 Å². The zero-order valence-corrected chi connectivity index (χ0v) is 11.5. The van der Waals surface area contributed by atoms with E-state index in [1.807, 2.05) is 24.3 Å². The van der Waals surface area contributed by atoms with Gasteiger partial charge in [0.2, 0.25) is 5.43 Å². The maximum Gasteiger partial charge on any atom is 0.309 e. The highest BCUT2D eigenvalue weighted by atomic mass is 16.4. The van der Waals surface area contributed by atoms with E-state index >= 15 is 0 Å². The van der Waals surface area contributed by atoms with Gasteiger partial charge in [0, 0.05) is 11.8 Å². The Morgan fingerprint density at radius 3 is 2.50 bits per heavy atom. The number of benzene rings is 1. The number of aromatic nitrogens is 2. The lowest BCUT2D eigenvalue weighted by Gasteiger charge is -2.11. The van der Waals surface area contributed by atoms with Crippen LogP contribution < -0.4 is 5.43 Å². The van der Waals surface area contributed by atoms with E-state index in [9.17, 15) is 9.59 Å². The first-order valence-electron chi connectivity index (χ1n) is 6.42. The van der Waals surface area contributed by atoms with Crippen molar-refractivity contribution in [3.63, 3.8) is 0 Å². The lowest BCUT2D eigenvalue weighted by molar-refractivity contribution is -0.136. The Kier molecular flexibility index (Phi) is 3.98. The zero-order valence-electron chi connectivity index (χ0n) is 11.5. The summed E-state index contributed by atoms with van der Waals surface area (Å²) in [5.41, 5.74) is 2.40. The van der Waals surface area contributed by atoms with Gasteiger partial charge in [-0.2, -0.15) is 5.10 Å². The third-order valence-corrected chi connectivity index (χ3v) is 3.09. The first kappa shape index (κ1) is 14.0. The van der Waals surface area contributed by atoms with Crippen LogP contribution >= 0.6 is 0 Å². The normalized spacial score (nSPS) is 10.5. The minimum atomic E-state index is -1.06. The van der Waals surface area contributed by atoms with Crippen LogP contribution in [0.4, 0.5) is 0 Å². The molecule has 0 fully saturated rings. The molecular formula is C15H16N2O3. The molecule has 1 heterocycles. The van der Waals surface area contributed by atoms with E-state index in [1.165, 1.54) is 11.6 Å². The van der Waals surface area contributed by atoms with Gasteiger partial charge in [-0.15, -0.1) is 0 Å². The number of carbonyl (C=O) groups is 1. The summed E-state index contributed by atoms with van der Waals surface area (Å²) >= 11 is 0. The molecule has 0 unspecified atom stereocenters. The topological polar surface area (TPSA) is 72.2 Å². The van der Waals surface area contributed by atoms with E-state index in [0.29, 0.717) is 5.69 Å². The molecule has 2 aromatic rings. The predicted molar refractivity (Wildman–Crippen MR) is 75.3 cm³/mol. The molecule has 5 heteroatoms. The molecule has 0 aliphatic rings. The molecule has 0 atom stereocenters. The largest absolute Gasteiger partial charge is 0.481 e. The number of nitrogens with zero attached hydrogens (tertiary/aromatic N) is 2. The summed E-state index contributed by atoms with van der Waals surface area (Å²) in [6, 6.07) is 9.22. The summed E-state index contributed by atoms with van der Waals surface area (Å²) < 4.78 is 1.60. The molecule has 104 valence electrons. The van der Waals surface area contributed by atoms with Gasteiger partial charge < -0.3 is 5.11 Å². The monoisotopic (exact) mass is 272 g/mol. The van der Waals surface area contributed by atoms with Gasteiger partial charge in [-0.3, -0.25) is 9.59 Å². The number of rotatable bonds is 4. The Labute approximate surface area is 116 Å². The van der Waals surface area contributed by atoms with E-state index in [-0.39, 0.29) is 17.5 Å². The van der Waals surface area contributed by atoms with Crippen LogP contribution in [0.3, 0.4) is 0 Å². The quantitative estimate of drug-likeness (QED) is 0.920. The van der Waals surface area contributed by atoms with Gasteiger partial charge in [0.05, 0.1) is 12.1 Å². The molecule has 0 aliphatic heterocycles. The predicted octanol–water partition coefficient (Wildman–Crippen LogP) is 1.73. The molecule has 1 aromatic heterocycles. The molecule has 0 spiro atoms. The minimum Gasteiger partial charge on any atom is -0.481 e. The highest BCUT2D eigenvalue weighted by Crippen LogP contribution is 2.11. The van der Waals surface area contributed by atoms with Crippen molar-refractivity contribution in [1.82, 2.24) is 9.78 Å². The average molecular weight is 272 g/mol. The lowest BCUT2D eigenvalue weighted by atomic mass is 10.1. The Morgan fingerprint density at radius 1 is 1.30 bits per heavy atom. The van der Waals surface area contributed by atoms with Crippen LogP contribution in [-0.4, -0.2) is 20.9 Å². The summed E-state index contributed by atoms with van der Waals surface area (Å²) in [5, 5.41) is 13.0. The number of aryl methyl sites for hydroxylation is 2. The van der Waals surface area contributed by atoms with E-state index in [2.05, 4.69) is 12.0 Å². The molecule has 2 rings (SSSR count). The van der Waals surface area contributed by atoms with Crippen molar-refractivity contribution in [3.8, 4) is 5.69 Å². The zero-order chi connectivity index (χ0) is 14.7. The average Bonchev–Trinajstić information content (AvgIpc) is 2.41. The lowest BCUT2D eigenvalue weighted by Crippen LogP contribution is -2.21. The molecule has 5 nitrogen and oxygen atoms in total. The van der Waals surface area contributed by atoms with Crippen molar-refractivity contribution in [2.45, 2.75) is 26.7 Å². The second-order valence-electron chi connectivity index (χ2n) is 4.60. The molecule has 1 aromatic carbocycles. The third kappa shape index (κ3) is 2.93. The smallest absolute Gasteiger partial charge is 0.309 e. The molecular weight excluding hydrogens is 256 g/mol. The van der Waals surface area contributed by atoms with Crippen LogP contribution in [-0.2, 0) is 17.6 Å². The van der Waals surface area contributed by atoms with E-state index < -0.39 is 5.97 Å². The SMILES string of the molecule is CCc1ccc(-n2nc(CC(=O)O)c(=O)cc2C)cc1. The fourth-order valence-corrected chi connectivity index (χ4v) is 1.98. The first-order chi connectivity index (χ1) is 9.51. The Morgan fingerprint density at radius 2 is 1.95 bits per heavy atom. The number of hydrogen-bond donors (Lipinski definition) is 1. The van der Waals surface area contributed by atoms with Gasteiger partial charge in [-0.25, -0.2) is 4.68 Å². The summed E-state index contributed by atoms with van der Waals surface area (Å²) in [4.78, 5) is 22.5. The maximum absolute atomic E-state index is 11.7. The molecule has 0 saturated carbocycles. The van der Waals surface area contributed by atoms with Crippen molar-refractivity contribution in [3.05, 3.63) is 57.5 Å². The van der Waals surface area contributed by atoms with Crippen molar-refractivity contribution in [2.24, 2.45) is 0 Å². The number of carboxylic acids is 1. The highest BCUT2D eigenvalue weighted by molar-refractivity contribution is 5.69. The number of aliphatic carboxylic acids is 1. The third-order valence-electron chi connectivity index (χ3n) is 3.09. The number of hydrogen-bond acceptors (Lipinski definition) is 3. The standard InChI is InChI=1S/C15H16N2O3/c1-3-11-4-6-12(7-5-11)17-10(2)8-14(18)13(16-17)9-15(19)20/h4-8H,3,9H2,1-2H3,(H,19,20). The minimum absolute atomic E-state index is 0.0441. The molecule has 0 bridgehead atoms. The first-order valence-corrected chi connectivity index (χ1v) is 6.42. The Hall–Kier alpha value is -2.43. The van der Waals surface area contributed by atoms with E-state index in [1.54, 1.807) is 11.6 Å². The Balaban J connectivity index is 2.49. The summed E-state index contributed by atoms with van der Waals surface area (Å²) in [5.74, 6) is -1.06. The van der Waals surface area contributed by atoms with Gasteiger partial charge in [-0.05, 0) is 31.0 Å². The second-order valence-corrected chi connectivity index (χ2v) is 4.60. The second kappa shape index (κ2) is 5.69. The van der Waals surface area contributed by atoms with Gasteiger partial charge in [0.1, 0.15) is 5.69 Å². The van der Waals surface area contributed by atoms with Crippen molar-refractivity contribution in [1.29, 1.82) is 0 Å². The number of carboxylic acid groups (broad SMARTS) is 1. The van der Waals surface area contributed by atoms with Crippen LogP contribution in [0.15, 0.2) is 35.1 Å². The van der Waals surface area contributed by atoms with Gasteiger partial charge in [0.15, 0.2) is 0 Å². The summed E-state index contributed by atoms with van der Waals surface area (Å²) in [6.45, 7) is 3.84. The molecule has 1 N–H and O–H groups in total. The molecule has 0 amide bonds. The maximum atomic E-state index is 11.7. The summed E-state index contributed by atoms with van der Waals surface area (Å²) in [6.07, 6.45) is 0.577. The van der Waals surface area contributed by atoms with Crippen molar-refractivity contribution < 1.29 is 9.90 Å². The molecule has 0 aliphatic carbocycles. The molecule has 0 radical (unpaired) electrons. The fraction of sp³-hybridized carbons (Fsp3) is 0.267. The van der Waals surface area contributed by atoms with Crippen LogP contribution in [0.5, 0.6) is 0 Å². The molecule has 0 saturated heterocycles. The van der Waals surface area contributed by atoms with Crippen LogP contribution in [0.25, 0.3) is 5.69 Å². The highest BCUT2D eigenvalue weighted by Gasteiger charge is 2.10. The summed E-state index contributed by atoms with van der Waals surface area (Å²) in [7, 11) is 0. The van der Waals surface area contributed by atoms with E-state index in [4.69, 9.17) is 5.11 Å². The van der Waals surface area contributed by atoms with Crippen LogP contribution in [0, 0.1) is 6.92 Å². The Bertz CT molecular complexity index is 687. The van der Waals surface area contributed by atoms with Gasteiger partial charge in [0.25, 0.3) is 0 Å².